The number of carbonyl (C=O) groups excluding carboxylic acids is 1. The summed E-state index contributed by atoms with van der Waals surface area (Å²) in [6.07, 6.45) is 2.45. The molecule has 3 aromatic rings. The van der Waals surface area contributed by atoms with Gasteiger partial charge in [0, 0.05) is 6.08 Å². The van der Waals surface area contributed by atoms with Gasteiger partial charge in [0.25, 0.3) is 5.91 Å². The van der Waals surface area contributed by atoms with Crippen LogP contribution in [0.5, 0.6) is 5.75 Å². The minimum Gasteiger partial charge on any atom is -0.484 e. The van der Waals surface area contributed by atoms with Gasteiger partial charge in [0.2, 0.25) is 0 Å². The smallest absolute Gasteiger partial charge is 0.281 e. The Morgan fingerprint density at radius 1 is 1.16 bits per heavy atom. The van der Waals surface area contributed by atoms with Gasteiger partial charge in [-0.25, -0.2) is 0 Å². The molecule has 158 valence electrons. The molecule has 1 amide bonds. The molecule has 0 atom stereocenters. The third kappa shape index (κ3) is 4.36. The van der Waals surface area contributed by atoms with Crippen LogP contribution >= 0.6 is 23.8 Å². The monoisotopic (exact) mass is 452 g/mol. The molecular weight excluding hydrogens is 432 g/mol. The Labute approximate surface area is 191 Å². The van der Waals surface area contributed by atoms with Crippen LogP contribution in [-0.4, -0.2) is 11.0 Å². The molecule has 2 heterocycles. The van der Waals surface area contributed by atoms with Gasteiger partial charge >= 0.3 is 0 Å². The summed E-state index contributed by atoms with van der Waals surface area (Å²) in [6, 6.07) is 16.9. The van der Waals surface area contributed by atoms with Crippen molar-refractivity contribution >= 4 is 46.6 Å². The molecule has 31 heavy (non-hydrogen) atoms. The first-order valence-corrected chi connectivity index (χ1v) is 10.7. The maximum atomic E-state index is 13.0. The number of aryl methyl sites for hydroxylation is 2. The van der Waals surface area contributed by atoms with Crippen LogP contribution < -0.4 is 15.0 Å². The second-order valence-corrected chi connectivity index (χ2v) is 7.88. The highest BCUT2D eigenvalue weighted by Gasteiger charge is 2.33. The van der Waals surface area contributed by atoms with Crippen molar-refractivity contribution < 1.29 is 13.9 Å². The maximum absolute atomic E-state index is 13.0. The minimum atomic E-state index is -0.216. The predicted octanol–water partition coefficient (Wildman–Crippen LogP) is 5.65. The quantitative estimate of drug-likeness (QED) is 0.387. The van der Waals surface area contributed by atoms with Crippen LogP contribution in [0, 0.1) is 6.92 Å². The highest BCUT2D eigenvalue weighted by Crippen LogP contribution is 2.29. The van der Waals surface area contributed by atoms with E-state index < -0.39 is 0 Å². The van der Waals surface area contributed by atoms with Gasteiger partial charge in [0.1, 0.15) is 29.6 Å². The van der Waals surface area contributed by atoms with Crippen molar-refractivity contribution in [3.05, 3.63) is 88.0 Å². The molecule has 1 aromatic heterocycles. The number of thiocarbonyl (C=S) groups is 1. The summed E-state index contributed by atoms with van der Waals surface area (Å²) in [6.45, 7) is 4.20. The van der Waals surface area contributed by atoms with Crippen LogP contribution in [0.1, 0.15) is 29.6 Å². The Hall–Kier alpha value is -3.09. The number of halogens is 1. The number of rotatable bonds is 6. The molecule has 1 fully saturated rings. The number of nitrogens with zero attached hydrogens (tertiary/aromatic N) is 1. The second kappa shape index (κ2) is 8.96. The molecule has 0 spiro atoms. The van der Waals surface area contributed by atoms with Crippen molar-refractivity contribution in [2.75, 3.05) is 4.90 Å². The van der Waals surface area contributed by atoms with Crippen LogP contribution in [0.25, 0.3) is 6.08 Å². The van der Waals surface area contributed by atoms with Crippen molar-refractivity contribution in [1.82, 2.24) is 5.32 Å². The number of furan rings is 1. The fourth-order valence-corrected chi connectivity index (χ4v) is 3.98. The highest BCUT2D eigenvalue weighted by atomic mass is 35.5. The molecule has 4 rings (SSSR count). The molecule has 0 aliphatic carbocycles. The third-order valence-electron chi connectivity index (χ3n) is 4.98. The van der Waals surface area contributed by atoms with Gasteiger partial charge in [-0.3, -0.25) is 9.69 Å². The summed E-state index contributed by atoms with van der Waals surface area (Å²) in [7, 11) is 0. The summed E-state index contributed by atoms with van der Waals surface area (Å²) >= 11 is 11.6. The normalized spacial score (nSPS) is 14.9. The third-order valence-corrected chi connectivity index (χ3v) is 5.57. The fraction of sp³-hybridized carbons (Fsp3) is 0.167. The number of para-hydroxylation sites is 2. The number of hydrogen-bond donors (Lipinski definition) is 1. The largest absolute Gasteiger partial charge is 0.484 e. The van der Waals surface area contributed by atoms with Crippen LogP contribution in [0.15, 0.2) is 64.7 Å². The van der Waals surface area contributed by atoms with Crippen molar-refractivity contribution in [3.63, 3.8) is 0 Å². The lowest BCUT2D eigenvalue weighted by molar-refractivity contribution is -0.113. The molecule has 1 saturated heterocycles. The average molecular weight is 453 g/mol. The molecule has 0 saturated carbocycles. The molecule has 0 radical (unpaired) electrons. The Balaban J connectivity index is 1.50. The minimum absolute atomic E-state index is 0.216. The van der Waals surface area contributed by atoms with Gasteiger partial charge in [-0.1, -0.05) is 48.9 Å². The second-order valence-electron chi connectivity index (χ2n) is 7.09. The highest BCUT2D eigenvalue weighted by molar-refractivity contribution is 7.80. The summed E-state index contributed by atoms with van der Waals surface area (Å²) in [4.78, 5) is 14.5. The molecule has 1 aliphatic heterocycles. The van der Waals surface area contributed by atoms with Gasteiger partial charge in [0.05, 0.1) is 10.7 Å². The Kier molecular flexibility index (Phi) is 6.11. The van der Waals surface area contributed by atoms with E-state index in [2.05, 4.69) is 5.32 Å². The van der Waals surface area contributed by atoms with Gasteiger partial charge < -0.3 is 14.5 Å². The van der Waals surface area contributed by atoms with E-state index in [9.17, 15) is 4.79 Å². The van der Waals surface area contributed by atoms with Gasteiger partial charge in [-0.2, -0.15) is 0 Å². The molecule has 1 aliphatic rings. The zero-order valence-corrected chi connectivity index (χ0v) is 18.7. The maximum Gasteiger partial charge on any atom is 0.281 e. The lowest BCUT2D eigenvalue weighted by Crippen LogP contribution is -2.31. The Morgan fingerprint density at radius 3 is 2.74 bits per heavy atom. The zero-order chi connectivity index (χ0) is 22.0. The van der Waals surface area contributed by atoms with Crippen LogP contribution in [0.2, 0.25) is 5.02 Å². The molecule has 5 nitrogen and oxygen atoms in total. The van der Waals surface area contributed by atoms with Crippen LogP contribution in [0.4, 0.5) is 5.69 Å². The van der Waals surface area contributed by atoms with E-state index in [0.717, 1.165) is 23.2 Å². The summed E-state index contributed by atoms with van der Waals surface area (Å²) < 4.78 is 11.6. The van der Waals surface area contributed by atoms with E-state index in [-0.39, 0.29) is 12.5 Å². The first-order valence-electron chi connectivity index (χ1n) is 9.89. The summed E-state index contributed by atoms with van der Waals surface area (Å²) in [5.74, 6) is 1.56. The van der Waals surface area contributed by atoms with Gasteiger partial charge in [-0.05, 0) is 61.0 Å². The van der Waals surface area contributed by atoms with Gasteiger partial charge in [-0.15, -0.1) is 0 Å². The first-order chi connectivity index (χ1) is 15.0. The Morgan fingerprint density at radius 2 is 1.97 bits per heavy atom. The van der Waals surface area contributed by atoms with E-state index in [1.165, 1.54) is 4.90 Å². The predicted molar refractivity (Wildman–Crippen MR) is 126 cm³/mol. The molecule has 0 bridgehead atoms. The SMILES string of the molecule is CCc1ccccc1N1C(=O)/C(=C\c2ccc(COc3c(C)cccc3Cl)o2)NC1=S. The molecule has 1 N–H and O–H groups in total. The van der Waals surface area contributed by atoms with Crippen LogP contribution in [0.3, 0.4) is 0 Å². The number of anilines is 1. The number of carbonyl (C=O) groups is 1. The molecule has 2 aromatic carbocycles. The number of nitrogens with one attached hydrogen (secondary N) is 1. The average Bonchev–Trinajstić information content (AvgIpc) is 3.31. The number of benzene rings is 2. The van der Waals surface area contributed by atoms with E-state index in [1.807, 2.05) is 50.2 Å². The van der Waals surface area contributed by atoms with E-state index in [4.69, 9.17) is 33.0 Å². The zero-order valence-electron chi connectivity index (χ0n) is 17.1. The lowest BCUT2D eigenvalue weighted by atomic mass is 10.1. The number of ether oxygens (including phenoxy) is 1. The van der Waals surface area contributed by atoms with Crippen molar-refractivity contribution in [2.45, 2.75) is 26.9 Å². The van der Waals surface area contributed by atoms with Crippen LogP contribution in [-0.2, 0) is 17.8 Å². The Bertz CT molecular complexity index is 1160. The van der Waals surface area contributed by atoms with E-state index in [0.29, 0.717) is 33.1 Å². The van der Waals surface area contributed by atoms with Crippen molar-refractivity contribution in [3.8, 4) is 5.75 Å². The standard InChI is InChI=1S/C24H21ClN2O3S/c1-3-16-8-4-5-10-21(16)27-23(28)20(26-24(27)31)13-17-11-12-18(30-17)14-29-22-15(2)7-6-9-19(22)25/h4-13H,3,14H2,1-2H3,(H,26,31)/b20-13+. The van der Waals surface area contributed by atoms with E-state index >= 15 is 0 Å². The topological polar surface area (TPSA) is 54.7 Å². The molecule has 0 unspecified atom stereocenters. The van der Waals surface area contributed by atoms with Crippen molar-refractivity contribution in [2.24, 2.45) is 0 Å². The van der Waals surface area contributed by atoms with Crippen molar-refractivity contribution in [1.29, 1.82) is 0 Å². The number of hydrogen-bond acceptors (Lipinski definition) is 4. The number of amides is 1. The fourth-order valence-electron chi connectivity index (χ4n) is 3.42. The summed E-state index contributed by atoms with van der Waals surface area (Å²) in [5.41, 5.74) is 3.15. The molecule has 7 heteroatoms. The van der Waals surface area contributed by atoms with Gasteiger partial charge in [0.15, 0.2) is 5.11 Å². The van der Waals surface area contributed by atoms with E-state index in [1.54, 1.807) is 24.3 Å². The lowest BCUT2D eigenvalue weighted by Gasteiger charge is -2.17. The molecular formula is C24H21ClN2O3S. The first kappa shape index (κ1) is 21.2. The summed E-state index contributed by atoms with van der Waals surface area (Å²) in [5, 5.41) is 3.89.